The van der Waals surface area contributed by atoms with Crippen LogP contribution in [-0.4, -0.2) is 31.7 Å². The summed E-state index contributed by atoms with van der Waals surface area (Å²) >= 11 is 0. The van der Waals surface area contributed by atoms with Crippen molar-refractivity contribution in [3.05, 3.63) is 29.8 Å². The van der Waals surface area contributed by atoms with E-state index in [1.807, 2.05) is 31.2 Å². The molecule has 0 heterocycles. The number of primary amides is 1. The van der Waals surface area contributed by atoms with Gasteiger partial charge in [-0.15, -0.1) is 0 Å². The van der Waals surface area contributed by atoms with Crippen molar-refractivity contribution in [1.82, 2.24) is 5.32 Å². The first kappa shape index (κ1) is 16.5. The van der Waals surface area contributed by atoms with Gasteiger partial charge in [0.25, 0.3) is 0 Å². The highest BCUT2D eigenvalue weighted by Gasteiger charge is 2.31. The van der Waals surface area contributed by atoms with Crippen molar-refractivity contribution in [2.45, 2.75) is 38.5 Å². The van der Waals surface area contributed by atoms with Gasteiger partial charge in [-0.1, -0.05) is 12.1 Å². The summed E-state index contributed by atoms with van der Waals surface area (Å²) in [5.74, 6) is 0.374. The van der Waals surface area contributed by atoms with Crippen LogP contribution in [-0.2, 0) is 16.1 Å². The molecule has 0 saturated heterocycles. The molecule has 0 aliphatic carbocycles. The van der Waals surface area contributed by atoms with E-state index >= 15 is 0 Å². The summed E-state index contributed by atoms with van der Waals surface area (Å²) in [6.07, 6.45) is 0.352. The maximum atomic E-state index is 11.5. The molecule has 0 aromatic heterocycles. The molecule has 0 bridgehead atoms. The fourth-order valence-electron chi connectivity index (χ4n) is 2.05. The molecule has 0 spiro atoms. The number of ether oxygens (including phenoxy) is 2. The molecule has 3 N–H and O–H groups in total. The summed E-state index contributed by atoms with van der Waals surface area (Å²) in [5.41, 5.74) is 5.68. The van der Waals surface area contributed by atoms with Crippen LogP contribution in [0.2, 0.25) is 0 Å². The molecule has 0 aliphatic rings. The molecular weight excluding hydrogens is 256 g/mol. The van der Waals surface area contributed by atoms with Gasteiger partial charge in [0.2, 0.25) is 5.91 Å². The number of likely N-dealkylation sites (N-methyl/N-ethyl adjacent to an activating group) is 1. The summed E-state index contributed by atoms with van der Waals surface area (Å²) in [4.78, 5) is 11.5. The van der Waals surface area contributed by atoms with Gasteiger partial charge in [-0.05, 0) is 38.6 Å². The molecule has 2 unspecified atom stereocenters. The first-order valence-corrected chi connectivity index (χ1v) is 6.64. The van der Waals surface area contributed by atoms with Gasteiger partial charge in [-0.3, -0.25) is 4.79 Å². The van der Waals surface area contributed by atoms with E-state index in [1.54, 1.807) is 21.1 Å². The quantitative estimate of drug-likeness (QED) is 0.756. The Balaban J connectivity index is 2.68. The van der Waals surface area contributed by atoms with Crippen LogP contribution in [0.5, 0.6) is 5.75 Å². The Morgan fingerprint density at radius 2 is 2.20 bits per heavy atom. The Labute approximate surface area is 120 Å². The SMILES string of the molecule is CNC(C)(CC(C)Oc1cccc(COC)c1)C(N)=O. The summed E-state index contributed by atoms with van der Waals surface area (Å²) in [5, 5.41) is 2.95. The van der Waals surface area contributed by atoms with E-state index in [9.17, 15) is 4.79 Å². The van der Waals surface area contributed by atoms with Crippen molar-refractivity contribution < 1.29 is 14.3 Å². The van der Waals surface area contributed by atoms with E-state index in [-0.39, 0.29) is 12.0 Å². The Kier molecular flexibility index (Phi) is 5.98. The third kappa shape index (κ3) is 4.51. The summed E-state index contributed by atoms with van der Waals surface area (Å²) in [6.45, 7) is 4.24. The lowest BCUT2D eigenvalue weighted by Gasteiger charge is -2.28. The van der Waals surface area contributed by atoms with Crippen LogP contribution in [0, 0.1) is 0 Å². The standard InChI is InChI=1S/C15H24N2O3/c1-11(9-15(2,17-3)14(16)18)20-13-7-5-6-12(8-13)10-19-4/h5-8,11,17H,9-10H2,1-4H3,(H2,16,18). The molecular formula is C15H24N2O3. The molecule has 0 aliphatic heterocycles. The molecule has 0 radical (unpaired) electrons. The van der Waals surface area contributed by atoms with Gasteiger partial charge < -0.3 is 20.5 Å². The lowest BCUT2D eigenvalue weighted by molar-refractivity contribution is -0.124. The van der Waals surface area contributed by atoms with Gasteiger partial charge in [0.1, 0.15) is 5.75 Å². The predicted molar refractivity (Wildman–Crippen MR) is 78.5 cm³/mol. The summed E-state index contributed by atoms with van der Waals surface area (Å²) in [7, 11) is 3.37. The molecule has 1 aromatic carbocycles. The number of benzene rings is 1. The highest BCUT2D eigenvalue weighted by Crippen LogP contribution is 2.19. The minimum absolute atomic E-state index is 0.141. The number of carbonyl (C=O) groups is 1. The molecule has 20 heavy (non-hydrogen) atoms. The minimum Gasteiger partial charge on any atom is -0.491 e. The fraction of sp³-hybridized carbons (Fsp3) is 0.533. The van der Waals surface area contributed by atoms with Gasteiger partial charge in [0.05, 0.1) is 18.2 Å². The van der Waals surface area contributed by atoms with Gasteiger partial charge in [0, 0.05) is 13.5 Å². The van der Waals surface area contributed by atoms with Crippen LogP contribution in [0.25, 0.3) is 0 Å². The Morgan fingerprint density at radius 3 is 2.75 bits per heavy atom. The number of methoxy groups -OCH3 is 1. The first-order chi connectivity index (χ1) is 9.41. The van der Waals surface area contributed by atoms with Crippen LogP contribution in [0.1, 0.15) is 25.8 Å². The molecule has 5 heteroatoms. The van der Waals surface area contributed by atoms with Crippen LogP contribution in [0.3, 0.4) is 0 Å². The smallest absolute Gasteiger partial charge is 0.237 e. The highest BCUT2D eigenvalue weighted by atomic mass is 16.5. The zero-order valence-electron chi connectivity index (χ0n) is 12.6. The van der Waals surface area contributed by atoms with Crippen LogP contribution < -0.4 is 15.8 Å². The minimum atomic E-state index is -0.774. The van der Waals surface area contributed by atoms with Crippen molar-refractivity contribution in [1.29, 1.82) is 0 Å². The summed E-state index contributed by atoms with van der Waals surface area (Å²) in [6, 6.07) is 7.71. The Hall–Kier alpha value is -1.59. The summed E-state index contributed by atoms with van der Waals surface area (Å²) < 4.78 is 10.9. The zero-order valence-corrected chi connectivity index (χ0v) is 12.6. The third-order valence-corrected chi connectivity index (χ3v) is 3.34. The number of amides is 1. The lowest BCUT2D eigenvalue weighted by Crippen LogP contribution is -2.53. The average molecular weight is 280 g/mol. The molecule has 5 nitrogen and oxygen atoms in total. The largest absolute Gasteiger partial charge is 0.491 e. The number of carbonyl (C=O) groups excluding carboxylic acids is 1. The van der Waals surface area contributed by atoms with Gasteiger partial charge in [-0.2, -0.15) is 0 Å². The molecule has 1 rings (SSSR count). The van der Waals surface area contributed by atoms with Crippen molar-refractivity contribution >= 4 is 5.91 Å². The topological polar surface area (TPSA) is 73.6 Å². The number of rotatable bonds is 8. The van der Waals surface area contributed by atoms with Crippen molar-refractivity contribution in [2.75, 3.05) is 14.2 Å². The van der Waals surface area contributed by atoms with Crippen LogP contribution in [0.4, 0.5) is 0 Å². The number of hydrogen-bond acceptors (Lipinski definition) is 4. The normalized spacial score (nSPS) is 15.4. The van der Waals surface area contributed by atoms with E-state index < -0.39 is 5.54 Å². The van der Waals surface area contributed by atoms with Gasteiger partial charge in [-0.25, -0.2) is 0 Å². The van der Waals surface area contributed by atoms with E-state index in [1.165, 1.54) is 0 Å². The number of nitrogens with one attached hydrogen (secondary N) is 1. The van der Waals surface area contributed by atoms with Crippen molar-refractivity contribution in [2.24, 2.45) is 5.73 Å². The van der Waals surface area contributed by atoms with E-state index in [0.29, 0.717) is 13.0 Å². The predicted octanol–water partition coefficient (Wildman–Crippen LogP) is 1.45. The maximum absolute atomic E-state index is 11.5. The fourth-order valence-corrected chi connectivity index (χ4v) is 2.05. The third-order valence-electron chi connectivity index (χ3n) is 3.34. The van der Waals surface area contributed by atoms with E-state index in [2.05, 4.69) is 5.32 Å². The van der Waals surface area contributed by atoms with Crippen LogP contribution in [0.15, 0.2) is 24.3 Å². The molecule has 1 amide bonds. The molecule has 0 saturated carbocycles. The van der Waals surface area contributed by atoms with Gasteiger partial charge in [0.15, 0.2) is 0 Å². The lowest BCUT2D eigenvalue weighted by atomic mass is 9.94. The Morgan fingerprint density at radius 1 is 1.50 bits per heavy atom. The second kappa shape index (κ2) is 7.26. The van der Waals surface area contributed by atoms with E-state index in [0.717, 1.165) is 11.3 Å². The number of nitrogens with two attached hydrogens (primary N) is 1. The van der Waals surface area contributed by atoms with E-state index in [4.69, 9.17) is 15.2 Å². The zero-order chi connectivity index (χ0) is 15.2. The van der Waals surface area contributed by atoms with Crippen molar-refractivity contribution in [3.8, 4) is 5.75 Å². The Bertz CT molecular complexity index is 450. The molecule has 2 atom stereocenters. The average Bonchev–Trinajstić information content (AvgIpc) is 2.39. The van der Waals surface area contributed by atoms with Gasteiger partial charge >= 0.3 is 0 Å². The van der Waals surface area contributed by atoms with Crippen molar-refractivity contribution in [3.63, 3.8) is 0 Å². The van der Waals surface area contributed by atoms with Crippen LogP contribution >= 0.6 is 0 Å². The second-order valence-corrected chi connectivity index (χ2v) is 5.16. The number of hydrogen-bond donors (Lipinski definition) is 2. The maximum Gasteiger partial charge on any atom is 0.237 e. The molecule has 0 fully saturated rings. The second-order valence-electron chi connectivity index (χ2n) is 5.16. The molecule has 112 valence electrons. The highest BCUT2D eigenvalue weighted by molar-refractivity contribution is 5.84. The monoisotopic (exact) mass is 280 g/mol. The molecule has 1 aromatic rings. The first-order valence-electron chi connectivity index (χ1n) is 6.64.